The molecule has 192 valence electrons. The summed E-state index contributed by atoms with van der Waals surface area (Å²) in [5.41, 5.74) is 12.1. The normalized spacial score (nSPS) is 15.5. The molecule has 0 saturated carbocycles. The molecule has 1 unspecified atom stereocenters. The Morgan fingerprint density at radius 2 is 1.89 bits per heavy atom. The maximum atomic E-state index is 12.8. The first-order chi connectivity index (χ1) is 17.7. The van der Waals surface area contributed by atoms with Crippen LogP contribution in [-0.2, 0) is 9.59 Å². The maximum absolute atomic E-state index is 12.8. The molecule has 3 aromatic rings. The standard InChI is InChI=1S/C22H21Cl2N9O4/c23-11-1-2-12(13(24)9-11)19-16(32-18(34)6-3-14(25)21(32)35)10-29-22(31-19)28-8-7-27-17-5-4-15(33(36)37)20(26)30-17/h1-2,4-5,9-10,14H,3,6-8,25H2,(H3,26,27,30)(H,28,29,31). The van der Waals surface area contributed by atoms with Gasteiger partial charge < -0.3 is 22.1 Å². The third-order valence-electron chi connectivity index (χ3n) is 5.47. The van der Waals surface area contributed by atoms with E-state index in [9.17, 15) is 19.7 Å². The highest BCUT2D eigenvalue weighted by Crippen LogP contribution is 2.37. The molecule has 0 spiro atoms. The van der Waals surface area contributed by atoms with Gasteiger partial charge in [-0.25, -0.2) is 19.9 Å². The molecule has 3 heterocycles. The van der Waals surface area contributed by atoms with Crippen molar-refractivity contribution in [1.29, 1.82) is 0 Å². The van der Waals surface area contributed by atoms with E-state index in [-0.39, 0.29) is 46.7 Å². The van der Waals surface area contributed by atoms with Crippen molar-refractivity contribution in [2.24, 2.45) is 5.73 Å². The molecule has 1 aliphatic rings. The predicted molar refractivity (Wildman–Crippen MR) is 139 cm³/mol. The zero-order chi connectivity index (χ0) is 26.7. The van der Waals surface area contributed by atoms with Crippen LogP contribution in [0.3, 0.4) is 0 Å². The van der Waals surface area contributed by atoms with E-state index in [0.717, 1.165) is 4.90 Å². The van der Waals surface area contributed by atoms with E-state index in [1.807, 2.05) is 0 Å². The lowest BCUT2D eigenvalue weighted by atomic mass is 10.0. The molecule has 15 heteroatoms. The summed E-state index contributed by atoms with van der Waals surface area (Å²) in [5.74, 6) is -0.613. The second-order valence-electron chi connectivity index (χ2n) is 7.98. The Bertz CT molecular complexity index is 1390. The number of rotatable bonds is 8. The second-order valence-corrected chi connectivity index (χ2v) is 8.82. The summed E-state index contributed by atoms with van der Waals surface area (Å²) in [4.78, 5) is 49.4. The molecule has 2 aromatic heterocycles. The molecule has 0 radical (unpaired) electrons. The number of hydrogen-bond acceptors (Lipinski definition) is 11. The Balaban J connectivity index is 1.56. The number of aromatic nitrogens is 3. The molecule has 1 saturated heterocycles. The molecule has 1 atom stereocenters. The average molecular weight is 546 g/mol. The minimum atomic E-state index is -0.822. The summed E-state index contributed by atoms with van der Waals surface area (Å²) in [6, 6.07) is 6.65. The number of hydrogen-bond donors (Lipinski definition) is 4. The highest BCUT2D eigenvalue weighted by atomic mass is 35.5. The molecule has 1 fully saturated rings. The van der Waals surface area contributed by atoms with Crippen molar-refractivity contribution < 1.29 is 14.5 Å². The van der Waals surface area contributed by atoms with Crippen LogP contribution < -0.4 is 27.0 Å². The lowest BCUT2D eigenvalue weighted by molar-refractivity contribution is -0.384. The van der Waals surface area contributed by atoms with Crippen LogP contribution in [0.5, 0.6) is 0 Å². The molecule has 0 bridgehead atoms. The number of carbonyl (C=O) groups excluding carboxylic acids is 2. The number of pyridine rings is 1. The SMILES string of the molecule is Nc1nc(NCCNc2ncc(N3C(=O)CCC(N)C3=O)c(-c3ccc(Cl)cc3Cl)n2)ccc1[N+](=O)[O-]. The number of imide groups is 1. The fraction of sp³-hybridized carbons (Fsp3) is 0.227. The Morgan fingerprint density at radius 3 is 2.59 bits per heavy atom. The van der Waals surface area contributed by atoms with E-state index in [1.54, 1.807) is 12.1 Å². The first kappa shape index (κ1) is 26.0. The van der Waals surface area contributed by atoms with E-state index in [0.29, 0.717) is 29.5 Å². The van der Waals surface area contributed by atoms with Gasteiger partial charge in [0.1, 0.15) is 11.5 Å². The number of halogens is 2. The van der Waals surface area contributed by atoms with Gasteiger partial charge in [0.2, 0.25) is 17.7 Å². The fourth-order valence-corrected chi connectivity index (χ4v) is 4.14. The van der Waals surface area contributed by atoms with Crippen molar-refractivity contribution in [2.45, 2.75) is 18.9 Å². The number of piperidine rings is 1. The molecule has 4 rings (SSSR count). The molecule has 0 aliphatic carbocycles. The Kier molecular flexibility index (Phi) is 7.66. The van der Waals surface area contributed by atoms with Crippen molar-refractivity contribution in [3.63, 3.8) is 0 Å². The molecule has 13 nitrogen and oxygen atoms in total. The van der Waals surface area contributed by atoms with E-state index in [2.05, 4.69) is 25.6 Å². The van der Waals surface area contributed by atoms with Crippen molar-refractivity contribution in [2.75, 3.05) is 34.4 Å². The summed E-state index contributed by atoms with van der Waals surface area (Å²) in [6.45, 7) is 0.655. The number of benzene rings is 1. The summed E-state index contributed by atoms with van der Waals surface area (Å²) >= 11 is 12.5. The Labute approximate surface area is 220 Å². The summed E-state index contributed by atoms with van der Waals surface area (Å²) in [5, 5.41) is 17.6. The predicted octanol–water partition coefficient (Wildman–Crippen LogP) is 2.84. The van der Waals surface area contributed by atoms with Gasteiger partial charge in [0.25, 0.3) is 5.91 Å². The van der Waals surface area contributed by atoms with Crippen molar-refractivity contribution in [1.82, 2.24) is 15.0 Å². The Hall–Kier alpha value is -4.07. The lowest BCUT2D eigenvalue weighted by Crippen LogP contribution is -2.51. The summed E-state index contributed by atoms with van der Waals surface area (Å²) < 4.78 is 0. The number of amides is 2. The molecule has 2 amide bonds. The van der Waals surface area contributed by atoms with Crippen LogP contribution in [0.1, 0.15) is 12.8 Å². The highest BCUT2D eigenvalue weighted by molar-refractivity contribution is 6.36. The van der Waals surface area contributed by atoms with Gasteiger partial charge in [-0.05, 0) is 30.7 Å². The van der Waals surface area contributed by atoms with E-state index >= 15 is 0 Å². The minimum Gasteiger partial charge on any atom is -0.378 e. The number of nitrogens with two attached hydrogens (primary N) is 2. The molecule has 1 aliphatic heterocycles. The van der Waals surface area contributed by atoms with Crippen LogP contribution in [0.25, 0.3) is 11.3 Å². The van der Waals surface area contributed by atoms with Crippen molar-refractivity contribution in [3.05, 3.63) is 56.7 Å². The molecule has 6 N–H and O–H groups in total. The van der Waals surface area contributed by atoms with Crippen LogP contribution in [0.15, 0.2) is 36.5 Å². The number of carbonyl (C=O) groups is 2. The van der Waals surface area contributed by atoms with Gasteiger partial charge in [-0.1, -0.05) is 23.2 Å². The van der Waals surface area contributed by atoms with E-state index in [4.69, 9.17) is 34.7 Å². The monoisotopic (exact) mass is 545 g/mol. The zero-order valence-electron chi connectivity index (χ0n) is 19.1. The number of anilines is 4. The fourth-order valence-electron chi connectivity index (χ4n) is 3.65. The first-order valence-corrected chi connectivity index (χ1v) is 11.7. The summed E-state index contributed by atoms with van der Waals surface area (Å²) in [6.07, 6.45) is 1.72. The van der Waals surface area contributed by atoms with Crippen LogP contribution in [0.2, 0.25) is 10.0 Å². The maximum Gasteiger partial charge on any atom is 0.311 e. The number of nitrogens with zero attached hydrogens (tertiary/aromatic N) is 5. The van der Waals surface area contributed by atoms with Gasteiger partial charge in [-0.2, -0.15) is 0 Å². The molecule has 37 heavy (non-hydrogen) atoms. The van der Waals surface area contributed by atoms with E-state index < -0.39 is 22.8 Å². The molecule has 1 aromatic carbocycles. The second kappa shape index (κ2) is 10.9. The van der Waals surface area contributed by atoms with E-state index in [1.165, 1.54) is 24.4 Å². The summed E-state index contributed by atoms with van der Waals surface area (Å²) in [7, 11) is 0. The quantitative estimate of drug-likeness (QED) is 0.140. The van der Waals surface area contributed by atoms with Gasteiger partial charge >= 0.3 is 5.69 Å². The molecular formula is C22H21Cl2N9O4. The third-order valence-corrected chi connectivity index (χ3v) is 6.01. The van der Waals surface area contributed by atoms with Crippen LogP contribution in [0, 0.1) is 10.1 Å². The van der Waals surface area contributed by atoms with Crippen molar-refractivity contribution >= 4 is 64.0 Å². The Morgan fingerprint density at radius 1 is 1.14 bits per heavy atom. The van der Waals surface area contributed by atoms with Gasteiger partial charge in [-0.3, -0.25) is 19.7 Å². The number of nitrogen functional groups attached to an aromatic ring is 1. The van der Waals surface area contributed by atoms with Crippen molar-refractivity contribution in [3.8, 4) is 11.3 Å². The highest BCUT2D eigenvalue weighted by Gasteiger charge is 2.35. The van der Waals surface area contributed by atoms with Crippen LogP contribution >= 0.6 is 23.2 Å². The smallest absolute Gasteiger partial charge is 0.311 e. The third kappa shape index (κ3) is 5.69. The first-order valence-electron chi connectivity index (χ1n) is 11.0. The van der Waals surface area contributed by atoms with Crippen LogP contribution in [-0.4, -0.2) is 50.8 Å². The van der Waals surface area contributed by atoms with Gasteiger partial charge in [0.05, 0.1) is 27.9 Å². The van der Waals surface area contributed by atoms with Crippen LogP contribution in [0.4, 0.5) is 29.0 Å². The number of nitrogens with one attached hydrogen (secondary N) is 2. The average Bonchev–Trinajstić information content (AvgIpc) is 2.85. The minimum absolute atomic E-state index is 0.105. The van der Waals surface area contributed by atoms with Gasteiger partial charge in [-0.15, -0.1) is 0 Å². The lowest BCUT2D eigenvalue weighted by Gasteiger charge is -2.29. The topological polar surface area (TPSA) is 195 Å². The number of nitro groups is 1. The largest absolute Gasteiger partial charge is 0.378 e. The zero-order valence-corrected chi connectivity index (χ0v) is 20.7. The molecular weight excluding hydrogens is 525 g/mol. The van der Waals surface area contributed by atoms with Gasteiger partial charge in [0, 0.05) is 36.2 Å². The van der Waals surface area contributed by atoms with Gasteiger partial charge in [0.15, 0.2) is 0 Å².